The summed E-state index contributed by atoms with van der Waals surface area (Å²) < 4.78 is 0. The van der Waals surface area contributed by atoms with Crippen molar-refractivity contribution < 1.29 is 9.59 Å². The van der Waals surface area contributed by atoms with Crippen LogP contribution in [0.5, 0.6) is 0 Å². The van der Waals surface area contributed by atoms with Crippen molar-refractivity contribution in [2.75, 3.05) is 41.3 Å². The Morgan fingerprint density at radius 3 is 1.10 bits per heavy atom. The Labute approximate surface area is 239 Å². The van der Waals surface area contributed by atoms with Gasteiger partial charge in [0.05, 0.1) is 11.1 Å². The molecule has 2 saturated carbocycles. The van der Waals surface area contributed by atoms with Crippen molar-refractivity contribution in [2.24, 2.45) is 0 Å². The van der Waals surface area contributed by atoms with E-state index in [1.165, 1.54) is 11.1 Å². The van der Waals surface area contributed by atoms with Gasteiger partial charge >= 0.3 is 12.1 Å². The number of rotatable bonds is 4. The van der Waals surface area contributed by atoms with Crippen LogP contribution in [0.25, 0.3) is 0 Å². The predicted octanol–water partition coefficient (Wildman–Crippen LogP) is 4.14. The Balaban J connectivity index is 0.000000161. The molecule has 4 fully saturated rings. The second-order valence-electron chi connectivity index (χ2n) is 12.8. The lowest BCUT2D eigenvalue weighted by Crippen LogP contribution is -2.53. The molecule has 2 heterocycles. The third kappa shape index (κ3) is 5.31. The Bertz CT molecular complexity index is 1070. The van der Waals surface area contributed by atoms with E-state index in [9.17, 15) is 9.59 Å². The normalized spacial score (nSPS) is 33.2. The van der Waals surface area contributed by atoms with E-state index in [0.29, 0.717) is 0 Å². The second kappa shape index (κ2) is 11.1. The molecule has 40 heavy (non-hydrogen) atoms. The molecule has 4 N–H and O–H groups in total. The SMILES string of the molecule is CN(C)C1(c2ccccc2)CCC2(CC1)CNC(=O)N2.CN(C)C1(c2ccccc2)CCC2(CC1)CNC(=O)N2. The molecule has 6 rings (SSSR count). The topological polar surface area (TPSA) is 88.7 Å². The van der Waals surface area contributed by atoms with Crippen molar-refractivity contribution in [3.63, 3.8) is 0 Å². The van der Waals surface area contributed by atoms with E-state index in [1.807, 2.05) is 0 Å². The highest BCUT2D eigenvalue weighted by Gasteiger charge is 2.49. The highest BCUT2D eigenvalue weighted by molar-refractivity contribution is 5.78. The van der Waals surface area contributed by atoms with Crippen molar-refractivity contribution >= 4 is 12.1 Å². The van der Waals surface area contributed by atoms with Crippen LogP contribution in [-0.4, -0.2) is 74.2 Å². The largest absolute Gasteiger partial charge is 0.336 e. The van der Waals surface area contributed by atoms with Crippen LogP contribution < -0.4 is 21.3 Å². The van der Waals surface area contributed by atoms with Gasteiger partial charge in [0.1, 0.15) is 0 Å². The van der Waals surface area contributed by atoms with Crippen LogP contribution in [-0.2, 0) is 11.1 Å². The third-order valence-electron chi connectivity index (χ3n) is 10.3. The average molecular weight is 547 g/mol. The molecule has 2 saturated heterocycles. The van der Waals surface area contributed by atoms with Gasteiger partial charge < -0.3 is 21.3 Å². The van der Waals surface area contributed by atoms with Crippen molar-refractivity contribution in [1.29, 1.82) is 0 Å². The molecule has 0 aromatic heterocycles. The molecule has 0 unspecified atom stereocenters. The van der Waals surface area contributed by atoms with Crippen molar-refractivity contribution in [3.05, 3.63) is 71.8 Å². The molecule has 2 aromatic rings. The summed E-state index contributed by atoms with van der Waals surface area (Å²) in [7, 11) is 8.65. The average Bonchev–Trinajstić information content (AvgIpc) is 3.52. The van der Waals surface area contributed by atoms with Gasteiger partial charge in [0.2, 0.25) is 0 Å². The van der Waals surface area contributed by atoms with Gasteiger partial charge in [0, 0.05) is 24.2 Å². The lowest BCUT2D eigenvalue weighted by molar-refractivity contribution is 0.0652. The summed E-state index contributed by atoms with van der Waals surface area (Å²) in [5.41, 5.74) is 2.92. The Hall–Kier alpha value is -3.10. The maximum Gasteiger partial charge on any atom is 0.315 e. The summed E-state index contributed by atoms with van der Waals surface area (Å²) in [6, 6.07) is 21.5. The number of hydrogen-bond acceptors (Lipinski definition) is 4. The summed E-state index contributed by atoms with van der Waals surface area (Å²) in [6.07, 6.45) is 8.41. The molecule has 0 bridgehead atoms. The molecule has 0 atom stereocenters. The van der Waals surface area contributed by atoms with Gasteiger partial charge in [-0.05, 0) is 90.7 Å². The zero-order valence-corrected chi connectivity index (χ0v) is 24.6. The number of amides is 4. The van der Waals surface area contributed by atoms with Crippen LogP contribution >= 0.6 is 0 Å². The zero-order valence-electron chi connectivity index (χ0n) is 24.6. The van der Waals surface area contributed by atoms with Crippen LogP contribution in [0.2, 0.25) is 0 Å². The summed E-state index contributed by atoms with van der Waals surface area (Å²) in [6.45, 7) is 1.54. The van der Waals surface area contributed by atoms with Crippen LogP contribution in [0.15, 0.2) is 60.7 Å². The van der Waals surface area contributed by atoms with E-state index in [1.54, 1.807) is 0 Å². The predicted molar refractivity (Wildman–Crippen MR) is 159 cm³/mol. The molecule has 0 radical (unpaired) electrons. The number of carbonyl (C=O) groups is 2. The van der Waals surface area contributed by atoms with E-state index >= 15 is 0 Å². The maximum atomic E-state index is 11.4. The van der Waals surface area contributed by atoms with Crippen LogP contribution in [0, 0.1) is 0 Å². The lowest BCUT2D eigenvalue weighted by Gasteiger charge is -2.48. The fraction of sp³-hybridized carbons (Fsp3) is 0.562. The molecule has 216 valence electrons. The first kappa shape index (κ1) is 28.4. The van der Waals surface area contributed by atoms with Crippen LogP contribution in [0.3, 0.4) is 0 Å². The molecule has 8 nitrogen and oxygen atoms in total. The quantitative estimate of drug-likeness (QED) is 0.464. The van der Waals surface area contributed by atoms with E-state index < -0.39 is 0 Å². The zero-order chi connectivity index (χ0) is 28.4. The lowest BCUT2D eigenvalue weighted by atomic mass is 9.69. The molecule has 4 aliphatic rings. The summed E-state index contributed by atoms with van der Waals surface area (Å²) in [4.78, 5) is 27.6. The van der Waals surface area contributed by atoms with Crippen molar-refractivity contribution in [2.45, 2.75) is 73.5 Å². The number of benzene rings is 2. The standard InChI is InChI=1S/2C16H23N3O/c2*1-19(2)16(13-6-4-3-5-7-13)10-8-15(9-11-16)12-17-14(20)18-15/h2*3-7H,8-12H2,1-2H3,(H2,17,18,20). The number of nitrogens with one attached hydrogen (secondary N) is 4. The van der Waals surface area contributed by atoms with E-state index in [0.717, 1.165) is 64.5 Å². The van der Waals surface area contributed by atoms with E-state index in [-0.39, 0.29) is 34.2 Å². The van der Waals surface area contributed by atoms with Gasteiger partial charge in [-0.3, -0.25) is 9.80 Å². The van der Waals surface area contributed by atoms with Gasteiger partial charge in [-0.15, -0.1) is 0 Å². The van der Waals surface area contributed by atoms with Gasteiger partial charge in [-0.2, -0.15) is 0 Å². The summed E-state index contributed by atoms with van der Waals surface area (Å²) >= 11 is 0. The van der Waals surface area contributed by atoms with Crippen molar-refractivity contribution in [3.8, 4) is 0 Å². The highest BCUT2D eigenvalue weighted by Crippen LogP contribution is 2.46. The number of nitrogens with zero attached hydrogens (tertiary/aromatic N) is 2. The summed E-state index contributed by atoms with van der Waals surface area (Å²) in [5, 5.41) is 12.1. The van der Waals surface area contributed by atoms with Crippen LogP contribution in [0.4, 0.5) is 9.59 Å². The smallest absolute Gasteiger partial charge is 0.315 e. The molecule has 2 aromatic carbocycles. The Morgan fingerprint density at radius 1 is 0.525 bits per heavy atom. The van der Waals surface area contributed by atoms with E-state index in [2.05, 4.69) is 120 Å². The molecular weight excluding hydrogens is 500 g/mol. The molecule has 2 aliphatic heterocycles. The second-order valence-corrected chi connectivity index (χ2v) is 12.8. The van der Waals surface area contributed by atoms with Gasteiger partial charge in [-0.1, -0.05) is 60.7 Å². The molecule has 4 amide bonds. The number of hydrogen-bond donors (Lipinski definition) is 4. The molecule has 8 heteroatoms. The first-order chi connectivity index (χ1) is 19.1. The first-order valence-corrected chi connectivity index (χ1v) is 14.7. The number of urea groups is 2. The molecule has 2 aliphatic carbocycles. The van der Waals surface area contributed by atoms with E-state index in [4.69, 9.17) is 0 Å². The fourth-order valence-corrected chi connectivity index (χ4v) is 7.53. The minimum absolute atomic E-state index is 0.0120. The van der Waals surface area contributed by atoms with Crippen molar-refractivity contribution in [1.82, 2.24) is 31.1 Å². The maximum absolute atomic E-state index is 11.4. The van der Waals surface area contributed by atoms with Crippen LogP contribution in [0.1, 0.15) is 62.5 Å². The van der Waals surface area contributed by atoms with Gasteiger partial charge in [-0.25, -0.2) is 9.59 Å². The Kier molecular flexibility index (Phi) is 7.86. The summed E-state index contributed by atoms with van der Waals surface area (Å²) in [5.74, 6) is 0. The van der Waals surface area contributed by atoms with Gasteiger partial charge in [0.15, 0.2) is 0 Å². The van der Waals surface area contributed by atoms with Gasteiger partial charge in [0.25, 0.3) is 0 Å². The molecule has 2 spiro atoms. The minimum atomic E-state index is -0.0224. The monoisotopic (exact) mass is 546 g/mol. The third-order valence-corrected chi connectivity index (χ3v) is 10.3. The first-order valence-electron chi connectivity index (χ1n) is 14.7. The number of carbonyl (C=O) groups excluding carboxylic acids is 2. The minimum Gasteiger partial charge on any atom is -0.336 e. The fourth-order valence-electron chi connectivity index (χ4n) is 7.53. The Morgan fingerprint density at radius 2 is 0.850 bits per heavy atom. The molecular formula is C32H46N6O2. The highest BCUT2D eigenvalue weighted by atomic mass is 16.2.